The zero-order chi connectivity index (χ0) is 22.6. The Hall–Kier alpha value is -2.39. The van der Waals surface area contributed by atoms with Crippen molar-refractivity contribution in [2.24, 2.45) is 11.8 Å². The number of hydrogen-bond donors (Lipinski definition) is 3. The van der Waals surface area contributed by atoms with E-state index in [0.29, 0.717) is 12.1 Å². The molecule has 0 bridgehead atoms. The van der Waals surface area contributed by atoms with Crippen LogP contribution in [-0.2, 0) is 20.9 Å². The van der Waals surface area contributed by atoms with E-state index in [1.54, 1.807) is 7.05 Å². The molecule has 0 spiro atoms. The average Bonchev–Trinajstić information content (AvgIpc) is 3.00. The van der Waals surface area contributed by atoms with Crippen molar-refractivity contribution in [3.63, 3.8) is 0 Å². The van der Waals surface area contributed by atoms with Crippen LogP contribution in [0, 0.1) is 17.7 Å². The Kier molecular flexibility index (Phi) is 7.38. The third kappa shape index (κ3) is 5.86. The van der Waals surface area contributed by atoms with E-state index in [2.05, 4.69) is 10.6 Å². The fraction of sp³-hybridized carbons (Fsp3) is 0.571. The van der Waals surface area contributed by atoms with Gasteiger partial charge in [-0.15, -0.1) is 0 Å². The van der Waals surface area contributed by atoms with Crippen molar-refractivity contribution in [1.29, 1.82) is 0 Å². The predicted octanol–water partition coefficient (Wildman–Crippen LogP) is 2.18. The molecule has 8 nitrogen and oxygen atoms in total. The number of benzene rings is 1. The molecule has 1 saturated heterocycles. The standard InChI is InChI=1S/C21H27ClFN3O5/c1-24-18(27)15-4-2-13(3-5-15)12-26-7-6-21(30,19(26)28)31-20(29)25-11-14-8-16(22)10-17(23)9-14/h8-10,13,15,30H,2-7,11-12H2,1H3,(H,24,27)(H,25,29). The van der Waals surface area contributed by atoms with Crippen LogP contribution < -0.4 is 10.6 Å². The number of hydrogen-bond acceptors (Lipinski definition) is 5. The van der Waals surface area contributed by atoms with Gasteiger partial charge in [0.1, 0.15) is 5.82 Å². The summed E-state index contributed by atoms with van der Waals surface area (Å²) >= 11 is 5.78. The fourth-order valence-electron chi connectivity index (χ4n) is 4.21. The van der Waals surface area contributed by atoms with E-state index in [4.69, 9.17) is 16.3 Å². The number of halogens is 2. The van der Waals surface area contributed by atoms with Crippen LogP contribution in [0.4, 0.5) is 9.18 Å². The first-order valence-electron chi connectivity index (χ1n) is 10.4. The molecular formula is C21H27ClFN3O5. The number of likely N-dealkylation sites (tertiary alicyclic amines) is 1. The summed E-state index contributed by atoms with van der Waals surface area (Å²) in [5, 5.41) is 15.8. The molecule has 1 aromatic rings. The van der Waals surface area contributed by atoms with Gasteiger partial charge in [0.2, 0.25) is 5.91 Å². The zero-order valence-corrected chi connectivity index (χ0v) is 18.1. The van der Waals surface area contributed by atoms with Crippen LogP contribution in [0.5, 0.6) is 0 Å². The molecular weight excluding hydrogens is 429 g/mol. The van der Waals surface area contributed by atoms with Crippen molar-refractivity contribution < 1.29 is 28.6 Å². The van der Waals surface area contributed by atoms with Crippen molar-refractivity contribution in [2.45, 2.75) is 44.4 Å². The summed E-state index contributed by atoms with van der Waals surface area (Å²) in [6, 6.07) is 3.84. The molecule has 31 heavy (non-hydrogen) atoms. The molecule has 1 heterocycles. The van der Waals surface area contributed by atoms with Gasteiger partial charge in [-0.25, -0.2) is 9.18 Å². The van der Waals surface area contributed by atoms with E-state index < -0.39 is 23.6 Å². The minimum atomic E-state index is -2.22. The second kappa shape index (κ2) is 9.82. The summed E-state index contributed by atoms with van der Waals surface area (Å²) in [6.07, 6.45) is 2.15. The summed E-state index contributed by atoms with van der Waals surface area (Å²) in [4.78, 5) is 38.0. The van der Waals surface area contributed by atoms with Crippen molar-refractivity contribution in [3.8, 4) is 0 Å². The van der Waals surface area contributed by atoms with Gasteiger partial charge in [-0.1, -0.05) is 11.6 Å². The van der Waals surface area contributed by atoms with Crippen LogP contribution in [0.15, 0.2) is 18.2 Å². The number of nitrogens with zero attached hydrogens (tertiary/aromatic N) is 1. The monoisotopic (exact) mass is 455 g/mol. The molecule has 1 unspecified atom stereocenters. The van der Waals surface area contributed by atoms with Gasteiger partial charge in [0.15, 0.2) is 0 Å². The molecule has 1 saturated carbocycles. The van der Waals surface area contributed by atoms with Gasteiger partial charge in [-0.05, 0) is 55.4 Å². The number of carbonyl (C=O) groups excluding carboxylic acids is 3. The van der Waals surface area contributed by atoms with Crippen LogP contribution >= 0.6 is 11.6 Å². The third-order valence-electron chi connectivity index (χ3n) is 5.91. The van der Waals surface area contributed by atoms with E-state index >= 15 is 0 Å². The molecule has 10 heteroatoms. The number of nitrogens with one attached hydrogen (secondary N) is 2. The first-order chi connectivity index (χ1) is 14.7. The highest BCUT2D eigenvalue weighted by Gasteiger charge is 2.49. The quantitative estimate of drug-likeness (QED) is 0.570. The highest BCUT2D eigenvalue weighted by atomic mass is 35.5. The lowest BCUT2D eigenvalue weighted by atomic mass is 9.81. The van der Waals surface area contributed by atoms with Gasteiger partial charge < -0.3 is 25.4 Å². The molecule has 2 aliphatic rings. The normalized spacial score (nSPS) is 25.9. The van der Waals surface area contributed by atoms with Gasteiger partial charge >= 0.3 is 6.09 Å². The van der Waals surface area contributed by atoms with Crippen LogP contribution in [0.3, 0.4) is 0 Å². The number of alkyl carbamates (subject to hydrolysis) is 1. The molecule has 3 rings (SSSR count). The Labute approximate surface area is 185 Å². The van der Waals surface area contributed by atoms with Crippen molar-refractivity contribution in [1.82, 2.24) is 15.5 Å². The molecule has 1 aliphatic carbocycles. The van der Waals surface area contributed by atoms with Crippen LogP contribution in [0.25, 0.3) is 0 Å². The van der Waals surface area contributed by atoms with Gasteiger partial charge in [-0.3, -0.25) is 9.59 Å². The van der Waals surface area contributed by atoms with Crippen molar-refractivity contribution >= 4 is 29.5 Å². The van der Waals surface area contributed by atoms with E-state index in [1.165, 1.54) is 17.0 Å². The first kappa shape index (κ1) is 23.3. The van der Waals surface area contributed by atoms with Crippen LogP contribution in [0.1, 0.15) is 37.7 Å². The number of rotatable bonds is 6. The van der Waals surface area contributed by atoms with E-state index in [9.17, 15) is 23.9 Å². The highest BCUT2D eigenvalue weighted by molar-refractivity contribution is 6.30. The Morgan fingerprint density at radius 2 is 2.00 bits per heavy atom. The van der Waals surface area contributed by atoms with Gasteiger partial charge in [-0.2, -0.15) is 0 Å². The highest BCUT2D eigenvalue weighted by Crippen LogP contribution is 2.32. The smallest absolute Gasteiger partial charge is 0.407 e. The molecule has 0 aromatic heterocycles. The predicted molar refractivity (Wildman–Crippen MR) is 110 cm³/mol. The minimum Gasteiger partial charge on any atom is -0.407 e. The fourth-order valence-corrected chi connectivity index (χ4v) is 4.45. The van der Waals surface area contributed by atoms with Gasteiger partial charge in [0, 0.05) is 44.0 Å². The maximum atomic E-state index is 13.4. The third-order valence-corrected chi connectivity index (χ3v) is 6.12. The van der Waals surface area contributed by atoms with Crippen LogP contribution in [-0.4, -0.2) is 53.8 Å². The Morgan fingerprint density at radius 1 is 1.29 bits per heavy atom. The largest absolute Gasteiger partial charge is 0.410 e. The summed E-state index contributed by atoms with van der Waals surface area (Å²) < 4.78 is 18.4. The van der Waals surface area contributed by atoms with Crippen molar-refractivity contribution in [2.75, 3.05) is 20.1 Å². The van der Waals surface area contributed by atoms with Gasteiger partial charge in [0.25, 0.3) is 11.7 Å². The molecule has 170 valence electrons. The van der Waals surface area contributed by atoms with E-state index in [1.807, 2.05) is 0 Å². The molecule has 3 amide bonds. The Bertz CT molecular complexity index is 826. The summed E-state index contributed by atoms with van der Waals surface area (Å²) in [6.45, 7) is 0.657. The van der Waals surface area contributed by atoms with Crippen LogP contribution in [0.2, 0.25) is 5.02 Å². The topological polar surface area (TPSA) is 108 Å². The molecule has 3 N–H and O–H groups in total. The molecule has 2 fully saturated rings. The molecule has 0 radical (unpaired) electrons. The first-order valence-corrected chi connectivity index (χ1v) is 10.7. The molecule has 1 atom stereocenters. The van der Waals surface area contributed by atoms with E-state index in [0.717, 1.165) is 31.7 Å². The maximum absolute atomic E-state index is 13.4. The van der Waals surface area contributed by atoms with Crippen molar-refractivity contribution in [3.05, 3.63) is 34.6 Å². The van der Waals surface area contributed by atoms with E-state index in [-0.39, 0.29) is 42.3 Å². The average molecular weight is 456 g/mol. The number of ether oxygens (including phenoxy) is 1. The summed E-state index contributed by atoms with van der Waals surface area (Å²) in [5.74, 6) is -3.12. The maximum Gasteiger partial charge on any atom is 0.410 e. The molecule has 1 aromatic carbocycles. The Morgan fingerprint density at radius 3 is 2.65 bits per heavy atom. The second-order valence-corrected chi connectivity index (χ2v) is 8.57. The summed E-state index contributed by atoms with van der Waals surface area (Å²) in [7, 11) is 1.63. The lowest BCUT2D eigenvalue weighted by Crippen LogP contribution is -2.47. The second-order valence-electron chi connectivity index (χ2n) is 8.14. The lowest BCUT2D eigenvalue weighted by Gasteiger charge is -2.30. The SMILES string of the molecule is CNC(=O)C1CCC(CN2CCC(O)(OC(=O)NCc3cc(F)cc(Cl)c3)C2=O)CC1. The Balaban J connectivity index is 1.47. The number of aliphatic hydroxyl groups is 1. The minimum absolute atomic E-state index is 0.00691. The number of amides is 3. The molecule has 1 aliphatic heterocycles. The summed E-state index contributed by atoms with van der Waals surface area (Å²) in [5.41, 5.74) is 0.417. The lowest BCUT2D eigenvalue weighted by molar-refractivity contribution is -0.182. The van der Waals surface area contributed by atoms with Gasteiger partial charge in [0.05, 0.1) is 0 Å². The zero-order valence-electron chi connectivity index (χ0n) is 17.3. The number of carbonyl (C=O) groups is 3.